The molecule has 0 fully saturated rings. The smallest absolute Gasteiger partial charge is 0.306 e. The van der Waals surface area contributed by atoms with Crippen LogP contribution in [0.5, 0.6) is 0 Å². The number of benzene rings is 2. The van der Waals surface area contributed by atoms with E-state index in [1.165, 1.54) is 17.7 Å². The largest absolute Gasteiger partial charge is 0.418 e. The molecule has 1 atom stereocenters. The zero-order chi connectivity index (χ0) is 15.3. The highest BCUT2D eigenvalue weighted by atomic mass is 79.9. The monoisotopic (exact) mass is 357 g/mol. The summed E-state index contributed by atoms with van der Waals surface area (Å²) in [7, 11) is 0. The Morgan fingerprint density at radius 3 is 2.77 bits per heavy atom. The third-order valence-corrected chi connectivity index (χ3v) is 4.44. The Kier molecular flexibility index (Phi) is 3.04. The summed E-state index contributed by atoms with van der Waals surface area (Å²) in [5, 5.41) is 6.81. The Bertz CT molecular complexity index is 923. The lowest BCUT2D eigenvalue weighted by atomic mass is 10.1. The van der Waals surface area contributed by atoms with E-state index >= 15 is 0 Å². The fourth-order valence-corrected chi connectivity index (χ4v) is 3.49. The van der Waals surface area contributed by atoms with Gasteiger partial charge in [0.05, 0.1) is 5.39 Å². The summed E-state index contributed by atoms with van der Waals surface area (Å²) in [5.41, 5.74) is 1.12. The molecular formula is C17H14BrN2O2+. The van der Waals surface area contributed by atoms with Gasteiger partial charge in [0.15, 0.2) is 6.54 Å². The fourth-order valence-electron chi connectivity index (χ4n) is 3.13. The first-order chi connectivity index (χ1) is 10.6. The maximum atomic E-state index is 11.2. The van der Waals surface area contributed by atoms with Gasteiger partial charge in [0, 0.05) is 22.2 Å². The Balaban J connectivity index is 2.02. The molecule has 4 rings (SSSR count). The minimum Gasteiger partial charge on any atom is -0.418 e. The summed E-state index contributed by atoms with van der Waals surface area (Å²) < 4.78 is 8.56. The number of hydrogen-bond donors (Lipinski definition) is 1. The van der Waals surface area contributed by atoms with Crippen molar-refractivity contribution in [3.05, 3.63) is 46.9 Å². The Morgan fingerprint density at radius 1 is 1.23 bits per heavy atom. The van der Waals surface area contributed by atoms with Crippen LogP contribution in [0.3, 0.4) is 0 Å². The summed E-state index contributed by atoms with van der Waals surface area (Å²) in [4.78, 5) is 11.2. The summed E-state index contributed by atoms with van der Waals surface area (Å²) in [5.74, 6) is 0.721. The number of fused-ring (bicyclic) bond motifs is 6. The first-order valence-corrected chi connectivity index (χ1v) is 7.90. The molecule has 0 radical (unpaired) electrons. The molecule has 5 heteroatoms. The van der Waals surface area contributed by atoms with Crippen molar-refractivity contribution in [1.82, 2.24) is 0 Å². The van der Waals surface area contributed by atoms with Crippen LogP contribution in [0, 0.1) is 0 Å². The molecule has 0 bridgehead atoms. The lowest BCUT2D eigenvalue weighted by Gasteiger charge is -2.07. The van der Waals surface area contributed by atoms with E-state index in [0.29, 0.717) is 6.54 Å². The van der Waals surface area contributed by atoms with Gasteiger partial charge < -0.3 is 4.74 Å². The van der Waals surface area contributed by atoms with Gasteiger partial charge in [-0.2, -0.15) is 0 Å². The van der Waals surface area contributed by atoms with Crippen molar-refractivity contribution in [2.24, 2.45) is 0 Å². The lowest BCUT2D eigenvalue weighted by Crippen LogP contribution is -2.35. The third kappa shape index (κ3) is 2.04. The number of ether oxygens (including phenoxy) is 1. The van der Waals surface area contributed by atoms with Crippen molar-refractivity contribution in [3.63, 3.8) is 0 Å². The standard InChI is InChI=1S/C17H13BrN2O2/c1-10(21)22-16-9-20-15-7-6-11(18)8-14(15)12-4-2-3-5-13(12)17(20)19-16/h2-8,16H,9H2,1H3/p+1. The predicted octanol–water partition coefficient (Wildman–Crippen LogP) is 3.36. The number of esters is 1. The maximum absolute atomic E-state index is 11.2. The Labute approximate surface area is 135 Å². The molecule has 0 saturated carbocycles. The van der Waals surface area contributed by atoms with Gasteiger partial charge in [0.1, 0.15) is 5.52 Å². The second-order valence-corrected chi connectivity index (χ2v) is 6.32. The van der Waals surface area contributed by atoms with Crippen LogP contribution in [0.1, 0.15) is 6.92 Å². The molecule has 110 valence electrons. The van der Waals surface area contributed by atoms with Crippen LogP contribution in [0.4, 0.5) is 5.82 Å². The molecule has 0 amide bonds. The van der Waals surface area contributed by atoms with Crippen LogP contribution in [-0.4, -0.2) is 12.2 Å². The van der Waals surface area contributed by atoms with Gasteiger partial charge in [-0.25, -0.2) is 9.88 Å². The Morgan fingerprint density at radius 2 is 2.00 bits per heavy atom. The molecule has 2 heterocycles. The summed E-state index contributed by atoms with van der Waals surface area (Å²) in [6.45, 7) is 2.04. The van der Waals surface area contributed by atoms with Crippen LogP contribution >= 0.6 is 15.9 Å². The van der Waals surface area contributed by atoms with E-state index in [1.54, 1.807) is 0 Å². The number of pyridine rings is 1. The number of carbonyl (C=O) groups excluding carboxylic acids is 1. The van der Waals surface area contributed by atoms with E-state index in [9.17, 15) is 4.79 Å². The minimum absolute atomic E-state index is 0.276. The number of carbonyl (C=O) groups is 1. The van der Waals surface area contributed by atoms with E-state index in [-0.39, 0.29) is 12.2 Å². The second-order valence-electron chi connectivity index (χ2n) is 5.41. The van der Waals surface area contributed by atoms with Gasteiger partial charge in [-0.05, 0) is 24.3 Å². The van der Waals surface area contributed by atoms with Crippen LogP contribution in [0.25, 0.3) is 21.7 Å². The van der Waals surface area contributed by atoms with E-state index in [1.807, 2.05) is 18.2 Å². The van der Waals surface area contributed by atoms with Gasteiger partial charge >= 0.3 is 5.97 Å². The first kappa shape index (κ1) is 13.5. The second kappa shape index (κ2) is 4.95. The number of halogens is 1. The highest BCUT2D eigenvalue weighted by Gasteiger charge is 2.34. The van der Waals surface area contributed by atoms with E-state index in [0.717, 1.165) is 21.2 Å². The van der Waals surface area contributed by atoms with Crippen molar-refractivity contribution in [3.8, 4) is 0 Å². The summed E-state index contributed by atoms with van der Waals surface area (Å²) in [6, 6.07) is 14.5. The van der Waals surface area contributed by atoms with Gasteiger partial charge in [0.2, 0.25) is 0 Å². The zero-order valence-corrected chi connectivity index (χ0v) is 13.6. The zero-order valence-electron chi connectivity index (χ0n) is 12.0. The molecule has 1 aromatic heterocycles. The van der Waals surface area contributed by atoms with Crippen LogP contribution < -0.4 is 9.88 Å². The van der Waals surface area contributed by atoms with Crippen molar-refractivity contribution in [2.45, 2.75) is 19.7 Å². The van der Waals surface area contributed by atoms with Gasteiger partial charge in [-0.1, -0.05) is 34.1 Å². The highest BCUT2D eigenvalue weighted by molar-refractivity contribution is 9.10. The summed E-state index contributed by atoms with van der Waals surface area (Å²) >= 11 is 3.55. The molecule has 0 spiro atoms. The van der Waals surface area contributed by atoms with Crippen molar-refractivity contribution < 1.29 is 14.1 Å². The van der Waals surface area contributed by atoms with Gasteiger partial charge in [0.25, 0.3) is 12.0 Å². The van der Waals surface area contributed by atoms with Crippen molar-refractivity contribution >= 4 is 49.4 Å². The number of hydrogen-bond acceptors (Lipinski definition) is 3. The van der Waals surface area contributed by atoms with Gasteiger partial charge in [-0.15, -0.1) is 0 Å². The molecule has 3 aromatic rings. The molecule has 0 saturated heterocycles. The number of nitrogens with zero attached hydrogens (tertiary/aromatic N) is 1. The van der Waals surface area contributed by atoms with E-state index in [2.05, 4.69) is 50.1 Å². The Hall–Kier alpha value is -2.14. The molecule has 2 aromatic carbocycles. The highest BCUT2D eigenvalue weighted by Crippen LogP contribution is 2.32. The average molecular weight is 358 g/mol. The molecule has 1 aliphatic heterocycles. The number of nitrogens with one attached hydrogen (secondary N) is 1. The summed E-state index contributed by atoms with van der Waals surface area (Å²) in [6.07, 6.45) is -0.324. The molecule has 1 unspecified atom stereocenters. The van der Waals surface area contributed by atoms with E-state index in [4.69, 9.17) is 4.74 Å². The molecular weight excluding hydrogens is 344 g/mol. The van der Waals surface area contributed by atoms with Crippen LogP contribution in [-0.2, 0) is 16.1 Å². The number of anilines is 1. The average Bonchev–Trinajstić information content (AvgIpc) is 2.90. The molecule has 22 heavy (non-hydrogen) atoms. The van der Waals surface area contributed by atoms with E-state index < -0.39 is 0 Å². The predicted molar refractivity (Wildman–Crippen MR) is 88.5 cm³/mol. The lowest BCUT2D eigenvalue weighted by molar-refractivity contribution is -0.650. The molecule has 1 N–H and O–H groups in total. The van der Waals surface area contributed by atoms with Gasteiger partial charge in [-0.3, -0.25) is 4.79 Å². The van der Waals surface area contributed by atoms with Crippen LogP contribution in [0.2, 0.25) is 0 Å². The molecule has 0 aliphatic carbocycles. The molecule has 1 aliphatic rings. The quantitative estimate of drug-likeness (QED) is 0.412. The topological polar surface area (TPSA) is 42.2 Å². The maximum Gasteiger partial charge on any atom is 0.306 e. The number of aromatic nitrogens is 1. The number of rotatable bonds is 1. The fraction of sp³-hybridized carbons (Fsp3) is 0.176. The normalized spacial score (nSPS) is 16.5. The first-order valence-electron chi connectivity index (χ1n) is 7.11. The third-order valence-electron chi connectivity index (χ3n) is 3.95. The van der Waals surface area contributed by atoms with Crippen molar-refractivity contribution in [1.29, 1.82) is 0 Å². The van der Waals surface area contributed by atoms with Crippen LogP contribution in [0.15, 0.2) is 46.9 Å². The minimum atomic E-state index is -0.324. The van der Waals surface area contributed by atoms with Crippen molar-refractivity contribution in [2.75, 3.05) is 5.32 Å². The SMILES string of the molecule is CC(=O)OC1C[n+]2c(c3ccccc3c3cc(Br)ccc32)N1. The molecule has 4 nitrogen and oxygen atoms in total.